The van der Waals surface area contributed by atoms with Gasteiger partial charge in [-0.05, 0) is 25.0 Å². The van der Waals surface area contributed by atoms with Crippen molar-refractivity contribution in [2.75, 3.05) is 0 Å². The molecule has 1 aliphatic rings. The molecule has 5 nitrogen and oxygen atoms in total. The summed E-state index contributed by atoms with van der Waals surface area (Å²) in [6.07, 6.45) is 8.22. The van der Waals surface area contributed by atoms with E-state index in [4.69, 9.17) is 0 Å². The van der Waals surface area contributed by atoms with Gasteiger partial charge in [-0.2, -0.15) is 5.10 Å². The molecule has 0 unspecified atom stereocenters. The van der Waals surface area contributed by atoms with Crippen LogP contribution in [0.1, 0.15) is 37.9 Å². The number of hydrogen-bond donors (Lipinski definition) is 2. The van der Waals surface area contributed by atoms with Gasteiger partial charge in [0.15, 0.2) is 11.6 Å². The third-order valence-corrected chi connectivity index (χ3v) is 3.53. The van der Waals surface area contributed by atoms with Gasteiger partial charge >= 0.3 is 0 Å². The van der Waals surface area contributed by atoms with Crippen LogP contribution in [0.25, 0.3) is 11.4 Å². The van der Waals surface area contributed by atoms with E-state index in [1.54, 1.807) is 12.4 Å². The zero-order valence-corrected chi connectivity index (χ0v) is 10.1. The van der Waals surface area contributed by atoms with Gasteiger partial charge in [-0.3, -0.25) is 10.1 Å². The average molecular weight is 244 g/mol. The highest BCUT2D eigenvalue weighted by molar-refractivity contribution is 5.52. The molecule has 0 aliphatic heterocycles. The molecule has 3 rings (SSSR count). The van der Waals surface area contributed by atoms with Gasteiger partial charge in [0.25, 0.3) is 0 Å². The van der Waals surface area contributed by atoms with Crippen LogP contribution >= 0.6 is 0 Å². The number of nitrogens with zero attached hydrogens (tertiary/aromatic N) is 3. The van der Waals surface area contributed by atoms with Crippen molar-refractivity contribution < 1.29 is 5.11 Å². The second-order valence-corrected chi connectivity index (χ2v) is 4.84. The Bertz CT molecular complexity index is 517. The molecule has 0 atom stereocenters. The molecule has 1 fully saturated rings. The standard InChI is InChI=1S/C13H16N4O/c18-13(6-2-1-3-7-13)12-15-11(16-17-12)10-5-4-8-14-9-10/h4-5,8-9,18H,1-3,6-7H2,(H,15,16,17). The molecular formula is C13H16N4O. The van der Waals surface area contributed by atoms with E-state index >= 15 is 0 Å². The van der Waals surface area contributed by atoms with Crippen molar-refractivity contribution in [2.24, 2.45) is 0 Å². The number of hydrogen-bond acceptors (Lipinski definition) is 4. The Morgan fingerprint density at radius 3 is 2.78 bits per heavy atom. The van der Waals surface area contributed by atoms with Crippen LogP contribution < -0.4 is 0 Å². The molecule has 18 heavy (non-hydrogen) atoms. The van der Waals surface area contributed by atoms with Crippen molar-refractivity contribution in [3.8, 4) is 11.4 Å². The van der Waals surface area contributed by atoms with Gasteiger partial charge in [0, 0.05) is 18.0 Å². The van der Waals surface area contributed by atoms with E-state index in [2.05, 4.69) is 20.2 Å². The zero-order valence-electron chi connectivity index (χ0n) is 10.1. The van der Waals surface area contributed by atoms with Crippen LogP contribution in [0, 0.1) is 0 Å². The summed E-state index contributed by atoms with van der Waals surface area (Å²) in [5.41, 5.74) is 0.0329. The fourth-order valence-electron chi connectivity index (χ4n) is 2.47. The highest BCUT2D eigenvalue weighted by atomic mass is 16.3. The lowest BCUT2D eigenvalue weighted by Gasteiger charge is -2.29. The summed E-state index contributed by atoms with van der Waals surface area (Å²) in [5.74, 6) is 1.18. The minimum atomic E-state index is -0.828. The Balaban J connectivity index is 1.89. The molecule has 0 amide bonds. The van der Waals surface area contributed by atoms with Crippen LogP contribution in [-0.4, -0.2) is 25.3 Å². The largest absolute Gasteiger partial charge is 0.382 e. The van der Waals surface area contributed by atoms with E-state index < -0.39 is 5.60 Å². The second kappa shape index (κ2) is 4.49. The summed E-state index contributed by atoms with van der Waals surface area (Å²) >= 11 is 0. The second-order valence-electron chi connectivity index (χ2n) is 4.84. The quantitative estimate of drug-likeness (QED) is 0.847. The van der Waals surface area contributed by atoms with Crippen molar-refractivity contribution in [1.82, 2.24) is 20.2 Å². The fourth-order valence-corrected chi connectivity index (χ4v) is 2.47. The van der Waals surface area contributed by atoms with Crippen molar-refractivity contribution in [3.63, 3.8) is 0 Å². The molecule has 0 saturated heterocycles. The number of aliphatic hydroxyl groups is 1. The molecule has 0 aromatic carbocycles. The maximum Gasteiger partial charge on any atom is 0.182 e. The highest BCUT2D eigenvalue weighted by Crippen LogP contribution is 2.35. The Labute approximate surface area is 105 Å². The molecule has 0 bridgehead atoms. The summed E-state index contributed by atoms with van der Waals surface area (Å²) in [4.78, 5) is 8.46. The lowest BCUT2D eigenvalue weighted by molar-refractivity contribution is -0.00856. The van der Waals surface area contributed by atoms with Gasteiger partial charge in [0.05, 0.1) is 0 Å². The first-order valence-corrected chi connectivity index (χ1v) is 6.34. The average Bonchev–Trinajstić information content (AvgIpc) is 2.91. The van der Waals surface area contributed by atoms with E-state index in [0.29, 0.717) is 11.6 Å². The number of aromatic nitrogens is 4. The minimum Gasteiger partial charge on any atom is -0.382 e. The van der Waals surface area contributed by atoms with Gasteiger partial charge < -0.3 is 5.11 Å². The molecule has 2 heterocycles. The van der Waals surface area contributed by atoms with Gasteiger partial charge in [0.2, 0.25) is 0 Å². The molecule has 94 valence electrons. The van der Waals surface area contributed by atoms with E-state index in [1.165, 1.54) is 6.42 Å². The summed E-state index contributed by atoms with van der Waals surface area (Å²) in [5, 5.41) is 17.6. The summed E-state index contributed by atoms with van der Waals surface area (Å²) < 4.78 is 0. The number of H-pyrrole nitrogens is 1. The predicted octanol–water partition coefficient (Wildman–Crippen LogP) is 2.02. The summed E-state index contributed by atoms with van der Waals surface area (Å²) in [6.45, 7) is 0. The third-order valence-electron chi connectivity index (χ3n) is 3.53. The van der Waals surface area contributed by atoms with Crippen LogP contribution in [0.2, 0.25) is 0 Å². The Morgan fingerprint density at radius 2 is 2.06 bits per heavy atom. The minimum absolute atomic E-state index is 0.584. The van der Waals surface area contributed by atoms with Gasteiger partial charge in [-0.1, -0.05) is 19.3 Å². The van der Waals surface area contributed by atoms with E-state index in [1.807, 2.05) is 12.1 Å². The maximum absolute atomic E-state index is 10.6. The Morgan fingerprint density at radius 1 is 1.22 bits per heavy atom. The van der Waals surface area contributed by atoms with Gasteiger partial charge in [-0.25, -0.2) is 4.98 Å². The van der Waals surface area contributed by atoms with Crippen LogP contribution in [0.15, 0.2) is 24.5 Å². The van der Waals surface area contributed by atoms with Gasteiger partial charge in [-0.15, -0.1) is 0 Å². The smallest absolute Gasteiger partial charge is 0.182 e. The van der Waals surface area contributed by atoms with E-state index in [0.717, 1.165) is 31.2 Å². The van der Waals surface area contributed by atoms with Crippen LogP contribution in [0.4, 0.5) is 0 Å². The summed E-state index contributed by atoms with van der Waals surface area (Å²) in [7, 11) is 0. The highest BCUT2D eigenvalue weighted by Gasteiger charge is 2.34. The van der Waals surface area contributed by atoms with E-state index in [9.17, 15) is 5.11 Å². The number of pyridine rings is 1. The maximum atomic E-state index is 10.6. The topological polar surface area (TPSA) is 74.7 Å². The predicted molar refractivity (Wildman–Crippen MR) is 66.6 cm³/mol. The first-order chi connectivity index (χ1) is 8.78. The molecular weight excluding hydrogens is 228 g/mol. The first kappa shape index (κ1) is 11.3. The van der Waals surface area contributed by atoms with Crippen molar-refractivity contribution in [2.45, 2.75) is 37.7 Å². The molecule has 5 heteroatoms. The normalized spacial score (nSPS) is 18.7. The molecule has 2 N–H and O–H groups in total. The van der Waals surface area contributed by atoms with Crippen LogP contribution in [0.3, 0.4) is 0 Å². The number of nitrogens with one attached hydrogen (secondary N) is 1. The lowest BCUT2D eigenvalue weighted by Crippen LogP contribution is -2.29. The Kier molecular flexibility index (Phi) is 2.83. The molecule has 2 aromatic rings. The third kappa shape index (κ3) is 2.01. The monoisotopic (exact) mass is 244 g/mol. The summed E-state index contributed by atoms with van der Waals surface area (Å²) in [6, 6.07) is 3.76. The molecule has 1 aliphatic carbocycles. The first-order valence-electron chi connectivity index (χ1n) is 6.34. The number of aromatic amines is 1. The molecule has 1 saturated carbocycles. The fraction of sp³-hybridized carbons (Fsp3) is 0.462. The molecule has 0 radical (unpaired) electrons. The van der Waals surface area contributed by atoms with Crippen molar-refractivity contribution in [3.05, 3.63) is 30.4 Å². The molecule has 0 spiro atoms. The van der Waals surface area contributed by atoms with Crippen molar-refractivity contribution in [1.29, 1.82) is 0 Å². The van der Waals surface area contributed by atoms with Gasteiger partial charge in [0.1, 0.15) is 5.60 Å². The van der Waals surface area contributed by atoms with Crippen LogP contribution in [-0.2, 0) is 5.60 Å². The zero-order chi connectivity index (χ0) is 12.4. The Hall–Kier alpha value is -1.75. The van der Waals surface area contributed by atoms with Crippen LogP contribution in [0.5, 0.6) is 0 Å². The lowest BCUT2D eigenvalue weighted by atomic mass is 9.84. The molecule has 2 aromatic heterocycles. The SMILES string of the molecule is OC1(c2nc(-c3cccnc3)n[nH]2)CCCCC1. The van der Waals surface area contributed by atoms with Crippen molar-refractivity contribution >= 4 is 0 Å². The number of rotatable bonds is 2. The van der Waals surface area contributed by atoms with E-state index in [-0.39, 0.29) is 0 Å².